The monoisotopic (exact) mass is 561 g/mol. The largest absolute Gasteiger partial charge is 0.378 e. The Labute approximate surface area is 199 Å². The van der Waals surface area contributed by atoms with Crippen molar-refractivity contribution >= 4 is 45.9 Å². The van der Waals surface area contributed by atoms with Crippen molar-refractivity contribution in [2.24, 2.45) is 10.4 Å². The highest BCUT2D eigenvalue weighted by atomic mass is 127. The molecule has 0 aromatic heterocycles. The maximum absolute atomic E-state index is 12.5. The van der Waals surface area contributed by atoms with Crippen LogP contribution in [0.25, 0.3) is 0 Å². The minimum Gasteiger partial charge on any atom is -0.378 e. The zero-order valence-electron chi connectivity index (χ0n) is 19.2. The van der Waals surface area contributed by atoms with Crippen LogP contribution in [0, 0.1) is 5.41 Å². The highest BCUT2D eigenvalue weighted by Gasteiger charge is 2.30. The third kappa shape index (κ3) is 9.65. The third-order valence-corrected chi connectivity index (χ3v) is 6.47. The summed E-state index contributed by atoms with van der Waals surface area (Å²) in [4.78, 5) is 18.9. The van der Waals surface area contributed by atoms with Crippen LogP contribution in [-0.4, -0.2) is 93.8 Å². The average molecular weight is 562 g/mol. The van der Waals surface area contributed by atoms with Gasteiger partial charge in [0.25, 0.3) is 0 Å². The van der Waals surface area contributed by atoms with E-state index in [1.165, 1.54) is 4.31 Å². The van der Waals surface area contributed by atoms with Crippen LogP contribution in [-0.2, 0) is 19.6 Å². The van der Waals surface area contributed by atoms with Crippen molar-refractivity contribution < 1.29 is 17.9 Å². The number of guanidine groups is 1. The van der Waals surface area contributed by atoms with E-state index in [9.17, 15) is 13.2 Å². The van der Waals surface area contributed by atoms with Gasteiger partial charge in [-0.3, -0.25) is 9.79 Å². The lowest BCUT2D eigenvalue weighted by molar-refractivity contribution is -0.128. The molecule has 30 heavy (non-hydrogen) atoms. The van der Waals surface area contributed by atoms with Crippen molar-refractivity contribution in [2.45, 2.75) is 47.6 Å². The van der Waals surface area contributed by atoms with E-state index in [0.717, 1.165) is 0 Å². The van der Waals surface area contributed by atoms with Crippen molar-refractivity contribution in [3.8, 4) is 0 Å². The number of hydrogen-bond donors (Lipinski definition) is 2. The molecule has 0 spiro atoms. The first-order chi connectivity index (χ1) is 13.5. The van der Waals surface area contributed by atoms with Crippen molar-refractivity contribution in [1.29, 1.82) is 0 Å². The van der Waals surface area contributed by atoms with Crippen molar-refractivity contribution in [2.75, 3.05) is 58.2 Å². The van der Waals surface area contributed by atoms with Gasteiger partial charge in [0, 0.05) is 39.3 Å². The summed E-state index contributed by atoms with van der Waals surface area (Å²) in [5.41, 5.74) is -0.613. The number of piperazine rings is 1. The van der Waals surface area contributed by atoms with E-state index in [1.807, 2.05) is 46.4 Å². The van der Waals surface area contributed by atoms with Crippen LogP contribution >= 0.6 is 24.0 Å². The van der Waals surface area contributed by atoms with E-state index in [1.54, 1.807) is 0 Å². The SMILES string of the molecule is CCNC(=O)C(C)(C)CN=C(NCC)N1CCN(S(=O)(=O)CCOC(C)C)CC1.I. The molecule has 1 aliphatic heterocycles. The lowest BCUT2D eigenvalue weighted by atomic mass is 9.92. The van der Waals surface area contributed by atoms with Gasteiger partial charge in [-0.15, -0.1) is 24.0 Å². The molecule has 0 aromatic rings. The van der Waals surface area contributed by atoms with Crippen LogP contribution in [0.1, 0.15) is 41.5 Å². The Morgan fingerprint density at radius 2 is 1.67 bits per heavy atom. The molecule has 0 radical (unpaired) electrons. The number of nitrogens with zero attached hydrogens (tertiary/aromatic N) is 3. The fourth-order valence-corrected chi connectivity index (χ4v) is 4.15. The number of nitrogens with one attached hydrogen (secondary N) is 2. The second-order valence-corrected chi connectivity index (χ2v) is 10.1. The zero-order chi connectivity index (χ0) is 22.1. The molecule has 0 aliphatic carbocycles. The standard InChI is InChI=1S/C19H39N5O4S.HI/c1-7-20-17(25)19(5,6)15-22-18(21-8-2)23-9-11-24(12-10-23)29(26,27)14-13-28-16(3)4;/h16H,7-15H2,1-6H3,(H,20,25)(H,21,22);1H. The van der Waals surface area contributed by atoms with Gasteiger partial charge in [-0.25, -0.2) is 8.42 Å². The number of halogens is 1. The van der Waals surface area contributed by atoms with Crippen LogP contribution in [0.15, 0.2) is 4.99 Å². The van der Waals surface area contributed by atoms with Gasteiger partial charge in [-0.2, -0.15) is 4.31 Å². The molecular formula is C19H40IN5O4S. The molecule has 178 valence electrons. The lowest BCUT2D eigenvalue weighted by Crippen LogP contribution is -2.54. The molecule has 0 aromatic carbocycles. The van der Waals surface area contributed by atoms with Crippen LogP contribution in [0.2, 0.25) is 0 Å². The van der Waals surface area contributed by atoms with Crippen LogP contribution in [0.3, 0.4) is 0 Å². The Balaban J connectivity index is 0.00000841. The Hall–Kier alpha value is -0.660. The molecule has 9 nitrogen and oxygen atoms in total. The number of sulfonamides is 1. The molecule has 0 atom stereocenters. The molecule has 1 saturated heterocycles. The summed E-state index contributed by atoms with van der Waals surface area (Å²) < 4.78 is 31.9. The Morgan fingerprint density at radius 1 is 1.10 bits per heavy atom. The summed E-state index contributed by atoms with van der Waals surface area (Å²) in [7, 11) is -3.33. The van der Waals surface area contributed by atoms with Gasteiger partial charge in [0.2, 0.25) is 15.9 Å². The van der Waals surface area contributed by atoms with Gasteiger partial charge >= 0.3 is 0 Å². The molecule has 1 rings (SSSR count). The minimum atomic E-state index is -3.33. The second-order valence-electron chi connectivity index (χ2n) is 8.04. The van der Waals surface area contributed by atoms with Crippen LogP contribution in [0.4, 0.5) is 0 Å². The van der Waals surface area contributed by atoms with E-state index in [-0.39, 0.29) is 48.3 Å². The Kier molecular flexibility index (Phi) is 13.4. The van der Waals surface area contributed by atoms with Gasteiger partial charge in [0.1, 0.15) is 0 Å². The second kappa shape index (κ2) is 13.7. The summed E-state index contributed by atoms with van der Waals surface area (Å²) in [6.45, 7) is 15.2. The quantitative estimate of drug-likeness (QED) is 0.235. The number of hydrogen-bond acceptors (Lipinski definition) is 5. The maximum Gasteiger partial charge on any atom is 0.227 e. The fraction of sp³-hybridized carbons (Fsp3) is 0.895. The molecule has 2 N–H and O–H groups in total. The van der Waals surface area contributed by atoms with E-state index in [0.29, 0.717) is 51.8 Å². The summed E-state index contributed by atoms with van der Waals surface area (Å²) in [6, 6.07) is 0. The van der Waals surface area contributed by atoms with Gasteiger partial charge in [0.15, 0.2) is 5.96 Å². The van der Waals surface area contributed by atoms with E-state index >= 15 is 0 Å². The highest BCUT2D eigenvalue weighted by Crippen LogP contribution is 2.16. The predicted molar refractivity (Wildman–Crippen MR) is 132 cm³/mol. The van der Waals surface area contributed by atoms with E-state index in [2.05, 4.69) is 15.6 Å². The highest BCUT2D eigenvalue weighted by molar-refractivity contribution is 14.0. The van der Waals surface area contributed by atoms with Crippen molar-refractivity contribution in [1.82, 2.24) is 19.8 Å². The average Bonchev–Trinajstić information content (AvgIpc) is 2.65. The summed E-state index contributed by atoms with van der Waals surface area (Å²) in [6.07, 6.45) is 0.0181. The summed E-state index contributed by atoms with van der Waals surface area (Å²) >= 11 is 0. The van der Waals surface area contributed by atoms with Gasteiger partial charge in [-0.05, 0) is 41.5 Å². The maximum atomic E-state index is 12.5. The van der Waals surface area contributed by atoms with Gasteiger partial charge < -0.3 is 20.3 Å². The predicted octanol–water partition coefficient (Wildman–Crippen LogP) is 1.10. The lowest BCUT2D eigenvalue weighted by Gasteiger charge is -2.36. The fourth-order valence-electron chi connectivity index (χ4n) is 2.87. The number of aliphatic imine (C=N–C) groups is 1. The van der Waals surface area contributed by atoms with E-state index in [4.69, 9.17) is 4.74 Å². The van der Waals surface area contributed by atoms with Crippen LogP contribution < -0.4 is 10.6 Å². The molecule has 0 bridgehead atoms. The summed E-state index contributed by atoms with van der Waals surface area (Å²) in [5, 5.41) is 6.09. The van der Waals surface area contributed by atoms with Crippen LogP contribution in [0.5, 0.6) is 0 Å². The molecule has 0 unspecified atom stereocenters. The number of carbonyl (C=O) groups is 1. The Bertz CT molecular complexity index is 647. The number of rotatable bonds is 10. The van der Waals surface area contributed by atoms with E-state index < -0.39 is 15.4 Å². The van der Waals surface area contributed by atoms with Crippen molar-refractivity contribution in [3.63, 3.8) is 0 Å². The number of carbonyl (C=O) groups excluding carboxylic acids is 1. The molecule has 1 heterocycles. The molecular weight excluding hydrogens is 521 g/mol. The molecule has 1 amide bonds. The number of ether oxygens (including phenoxy) is 1. The normalized spacial score (nSPS) is 16.4. The smallest absolute Gasteiger partial charge is 0.227 e. The zero-order valence-corrected chi connectivity index (χ0v) is 22.4. The Morgan fingerprint density at radius 3 is 2.17 bits per heavy atom. The first-order valence-corrected chi connectivity index (χ1v) is 12.1. The van der Waals surface area contributed by atoms with Gasteiger partial charge in [-0.1, -0.05) is 0 Å². The topological polar surface area (TPSA) is 103 Å². The molecule has 1 fully saturated rings. The first kappa shape index (κ1) is 29.3. The molecule has 1 aliphatic rings. The first-order valence-electron chi connectivity index (χ1n) is 10.4. The number of amides is 1. The van der Waals surface area contributed by atoms with Gasteiger partial charge in [0.05, 0.1) is 30.4 Å². The minimum absolute atomic E-state index is 0. The molecule has 11 heteroatoms. The van der Waals surface area contributed by atoms with Crippen molar-refractivity contribution in [3.05, 3.63) is 0 Å². The third-order valence-electron chi connectivity index (χ3n) is 4.64. The summed E-state index contributed by atoms with van der Waals surface area (Å²) in [5.74, 6) is 0.685. The molecule has 0 saturated carbocycles.